The summed E-state index contributed by atoms with van der Waals surface area (Å²) in [4.78, 5) is 0. The predicted molar refractivity (Wildman–Crippen MR) is 144 cm³/mol. The molecule has 3 aromatic carbocycles. The molecule has 43 heavy (non-hydrogen) atoms. The summed E-state index contributed by atoms with van der Waals surface area (Å²) in [5.74, 6) is -4.89. The molecule has 0 unspecified atom stereocenters. The van der Waals surface area contributed by atoms with Crippen molar-refractivity contribution in [2.45, 2.75) is 0 Å². The third kappa shape index (κ3) is 3.49. The van der Waals surface area contributed by atoms with Gasteiger partial charge in [0, 0.05) is 17.8 Å². The van der Waals surface area contributed by atoms with E-state index >= 15 is 8.63 Å². The summed E-state index contributed by atoms with van der Waals surface area (Å²) in [6, 6.07) is 15.2. The van der Waals surface area contributed by atoms with E-state index in [0.29, 0.717) is 14.5 Å². The first-order chi connectivity index (χ1) is 20.6. The highest BCUT2D eigenvalue weighted by molar-refractivity contribution is 6.65. The molecule has 0 radical (unpaired) electrons. The van der Waals surface area contributed by atoms with Gasteiger partial charge in [0.25, 0.3) is 0 Å². The number of fused-ring (bicyclic) bond motifs is 5. The fraction of sp³-hybridized carbons (Fsp3) is 0. The Morgan fingerprint density at radius 2 is 1.26 bits per heavy atom. The zero-order valence-corrected chi connectivity index (χ0v) is 21.5. The van der Waals surface area contributed by atoms with Gasteiger partial charge in [-0.3, -0.25) is 0 Å². The third-order valence-corrected chi connectivity index (χ3v) is 7.74. The predicted octanol–water partition coefficient (Wildman–Crippen LogP) is 6.84. The van der Waals surface area contributed by atoms with Crippen molar-refractivity contribution in [2.75, 3.05) is 0 Å². The molecular weight excluding hydrogens is 576 g/mol. The molecule has 2 aliphatic rings. The number of aromatic nitrogens is 1. The van der Waals surface area contributed by atoms with E-state index in [2.05, 4.69) is 0 Å². The number of benzene rings is 3. The highest BCUT2D eigenvalue weighted by Crippen LogP contribution is 2.43. The summed E-state index contributed by atoms with van der Waals surface area (Å²) in [6.45, 7) is -4.76. The zero-order valence-electron chi connectivity index (χ0n) is 21.5. The van der Waals surface area contributed by atoms with Gasteiger partial charge in [0.1, 0.15) is 46.2 Å². The molecule has 0 fully saturated rings. The Bertz CT molecular complexity index is 2290. The highest BCUT2D eigenvalue weighted by Gasteiger charge is 2.54. The minimum Gasteiger partial charge on any atom is -0.454 e. The number of halogens is 7. The van der Waals surface area contributed by atoms with Crippen molar-refractivity contribution in [1.29, 1.82) is 0 Å². The minimum atomic E-state index is -4.76. The normalized spacial score (nSPS) is 15.1. The molecule has 3 aromatic heterocycles. The van der Waals surface area contributed by atoms with Crippen LogP contribution in [0.15, 0.2) is 93.4 Å². The molecule has 2 aliphatic heterocycles. The van der Waals surface area contributed by atoms with Crippen LogP contribution in [0.2, 0.25) is 0 Å². The van der Waals surface area contributed by atoms with Crippen LogP contribution in [0.1, 0.15) is 11.3 Å². The lowest BCUT2D eigenvalue weighted by molar-refractivity contribution is 0.510. The lowest BCUT2D eigenvalue weighted by Crippen LogP contribution is -2.56. The maximum absolute atomic E-state index is 16.7. The molecule has 4 nitrogen and oxygen atoms in total. The van der Waals surface area contributed by atoms with Gasteiger partial charge in [0.2, 0.25) is 5.36 Å². The van der Waals surface area contributed by atoms with E-state index in [1.807, 2.05) is 0 Å². The van der Waals surface area contributed by atoms with Gasteiger partial charge >= 0.3 is 6.97 Å². The van der Waals surface area contributed by atoms with E-state index in [1.54, 1.807) is 0 Å². The lowest BCUT2D eigenvalue weighted by Gasteiger charge is -2.31. The van der Waals surface area contributed by atoms with E-state index in [-0.39, 0.29) is 50.4 Å². The van der Waals surface area contributed by atoms with Crippen LogP contribution >= 0.6 is 0 Å². The first-order valence-corrected chi connectivity index (χ1v) is 13.0. The standard InChI is InChI=1S/C31H14BF7N2O2/c33-16-9-7-15(8-10-16)29-23-13-25-21(11-27(42-25)30-17(34)3-1-4-18(30)35)40(23)32(38,39)41-22-12-28(43-26(22)14-24(29)41)31-19(36)5-2-6-20(31)37/h1-14H. The second-order valence-electron chi connectivity index (χ2n) is 10.2. The van der Waals surface area contributed by atoms with E-state index in [4.69, 9.17) is 8.83 Å². The van der Waals surface area contributed by atoms with Gasteiger partial charge in [-0.1, -0.05) is 24.3 Å². The first kappa shape index (κ1) is 25.5. The quantitative estimate of drug-likeness (QED) is 0.167. The fourth-order valence-corrected chi connectivity index (χ4v) is 5.95. The van der Waals surface area contributed by atoms with Crippen molar-refractivity contribution in [2.24, 2.45) is 0 Å². The number of furan rings is 2. The molecule has 0 amide bonds. The zero-order chi connectivity index (χ0) is 29.8. The second-order valence-corrected chi connectivity index (χ2v) is 10.2. The van der Waals surface area contributed by atoms with Crippen molar-refractivity contribution in [3.8, 4) is 22.6 Å². The van der Waals surface area contributed by atoms with Crippen LogP contribution in [0, 0.1) is 29.1 Å². The molecule has 8 rings (SSSR count). The number of hydrogen-bond acceptors (Lipinski definition) is 2. The number of nitrogens with zero attached hydrogens (tertiary/aromatic N) is 2. The Labute approximate surface area is 236 Å². The number of allylic oxidation sites excluding steroid dienone is 1. The van der Waals surface area contributed by atoms with Crippen LogP contribution in [0.25, 0.3) is 45.4 Å². The van der Waals surface area contributed by atoms with Crippen molar-refractivity contribution in [3.63, 3.8) is 0 Å². The van der Waals surface area contributed by atoms with Crippen molar-refractivity contribution in [1.82, 2.24) is 8.96 Å². The molecule has 5 heterocycles. The van der Waals surface area contributed by atoms with Crippen molar-refractivity contribution < 1.29 is 39.4 Å². The van der Waals surface area contributed by atoms with E-state index in [1.165, 1.54) is 48.5 Å². The summed E-state index contributed by atoms with van der Waals surface area (Å²) in [6.07, 6.45) is 1.32. The Hall–Kier alpha value is -5.26. The van der Waals surface area contributed by atoms with Crippen LogP contribution in [-0.2, 0) is 0 Å². The summed E-state index contributed by atoms with van der Waals surface area (Å²) in [5.41, 5.74) is -0.712. The molecule has 0 saturated heterocycles. The smallest absolute Gasteiger partial charge is 0.454 e. The molecule has 0 aliphatic carbocycles. The highest BCUT2D eigenvalue weighted by atomic mass is 19.2. The fourth-order valence-electron chi connectivity index (χ4n) is 5.95. The first-order valence-electron chi connectivity index (χ1n) is 13.0. The monoisotopic (exact) mass is 590 g/mol. The van der Waals surface area contributed by atoms with Gasteiger partial charge in [-0.15, -0.1) is 0 Å². The van der Waals surface area contributed by atoms with Gasteiger partial charge in [0.15, 0.2) is 11.1 Å². The maximum Gasteiger partial charge on any atom is 0.738 e. The van der Waals surface area contributed by atoms with Crippen LogP contribution in [0.5, 0.6) is 0 Å². The number of rotatable bonds is 3. The minimum absolute atomic E-state index is 0.000983. The molecule has 0 bridgehead atoms. The molecule has 6 aromatic rings. The Morgan fingerprint density at radius 3 is 1.86 bits per heavy atom. The maximum atomic E-state index is 16.7. The molecular formula is C31H14BF7N2O2. The van der Waals surface area contributed by atoms with Gasteiger partial charge in [-0.25, -0.2) is 22.0 Å². The Morgan fingerprint density at radius 1 is 0.674 bits per heavy atom. The van der Waals surface area contributed by atoms with Gasteiger partial charge in [0.05, 0.1) is 34.4 Å². The van der Waals surface area contributed by atoms with Crippen molar-refractivity contribution >= 4 is 29.7 Å². The van der Waals surface area contributed by atoms with Gasteiger partial charge < -0.3 is 26.4 Å². The van der Waals surface area contributed by atoms with E-state index < -0.39 is 47.2 Å². The van der Waals surface area contributed by atoms with Gasteiger partial charge in [-0.05, 0) is 42.0 Å². The number of hydrogen-bond donors (Lipinski definition) is 0. The Kier molecular flexibility index (Phi) is 5.11. The molecule has 212 valence electrons. The van der Waals surface area contributed by atoms with Crippen LogP contribution in [0.4, 0.5) is 30.6 Å². The molecule has 0 atom stereocenters. The van der Waals surface area contributed by atoms with Crippen LogP contribution in [0.3, 0.4) is 0 Å². The molecule has 0 N–H and O–H groups in total. The summed E-state index contributed by atoms with van der Waals surface area (Å²) < 4.78 is 118. The molecule has 0 saturated carbocycles. The topological polar surface area (TPSA) is 34.2 Å². The van der Waals surface area contributed by atoms with E-state index in [0.717, 1.165) is 36.4 Å². The average Bonchev–Trinajstić information content (AvgIpc) is 3.69. The summed E-state index contributed by atoms with van der Waals surface area (Å²) in [5, 5.41) is -0.159. The van der Waals surface area contributed by atoms with E-state index in [9.17, 15) is 22.0 Å². The largest absolute Gasteiger partial charge is 0.738 e. The Balaban J connectivity index is 1.43. The third-order valence-electron chi connectivity index (χ3n) is 7.74. The molecule has 0 spiro atoms. The summed E-state index contributed by atoms with van der Waals surface area (Å²) >= 11 is 0. The van der Waals surface area contributed by atoms with Gasteiger partial charge in [-0.2, -0.15) is 0 Å². The second kappa shape index (κ2) is 8.63. The lowest BCUT2D eigenvalue weighted by atomic mass is 9.86. The molecule has 12 heteroatoms. The summed E-state index contributed by atoms with van der Waals surface area (Å²) in [7, 11) is 0. The van der Waals surface area contributed by atoms with Crippen LogP contribution < -0.4 is 15.3 Å². The average molecular weight is 590 g/mol. The SMILES string of the molecule is Fc1ccc(C2=C3C=c4oc(-c5c(F)cccc5F)cc4=[N+]3[B-](F)(F)n3c2cc2oc(-c4c(F)cccc4F)cc23)cc1. The van der Waals surface area contributed by atoms with Crippen molar-refractivity contribution in [3.05, 3.63) is 136 Å². The van der Waals surface area contributed by atoms with Crippen LogP contribution in [-0.4, -0.2) is 11.4 Å².